The Morgan fingerprint density at radius 2 is 1.93 bits per heavy atom. The number of hydrogen-bond acceptors (Lipinski definition) is 4. The predicted molar refractivity (Wildman–Crippen MR) is 45.2 cm³/mol. The molecule has 0 saturated carbocycles. The van der Waals surface area contributed by atoms with Crippen LogP contribution in [0.1, 0.15) is 6.42 Å². The molecule has 0 amide bonds. The molecule has 5 N–H and O–H groups in total. The molecule has 1 unspecified atom stereocenters. The molecule has 0 aromatic carbocycles. The first-order valence-corrected chi connectivity index (χ1v) is 3.74. The van der Waals surface area contributed by atoms with E-state index in [0.29, 0.717) is 0 Å². The van der Waals surface area contributed by atoms with Crippen molar-refractivity contribution in [3.05, 3.63) is 23.3 Å². The van der Waals surface area contributed by atoms with Crippen molar-refractivity contribution in [1.82, 2.24) is 0 Å². The lowest BCUT2D eigenvalue weighted by molar-refractivity contribution is -0.136. The number of carboxylic acid groups (broad SMARTS) is 2. The van der Waals surface area contributed by atoms with Crippen LogP contribution in [0.15, 0.2) is 23.3 Å². The summed E-state index contributed by atoms with van der Waals surface area (Å²) >= 11 is 0. The van der Waals surface area contributed by atoms with Crippen LogP contribution >= 0.6 is 0 Å². The van der Waals surface area contributed by atoms with Crippen LogP contribution in [-0.4, -0.2) is 33.0 Å². The highest BCUT2D eigenvalue weighted by Gasteiger charge is 2.30. The van der Waals surface area contributed by atoms with Gasteiger partial charge in [0.15, 0.2) is 0 Å². The van der Waals surface area contributed by atoms with Gasteiger partial charge >= 0.3 is 11.9 Å². The van der Waals surface area contributed by atoms with E-state index in [1.807, 2.05) is 0 Å². The maximum Gasteiger partial charge on any atom is 0.336 e. The SMILES string of the molecule is NC1(O)C=CC(C(=O)O)=C(C(=O)O)C1. The average Bonchev–Trinajstić information content (AvgIpc) is 2.01. The fourth-order valence-corrected chi connectivity index (χ4v) is 1.16. The van der Waals surface area contributed by atoms with Crippen LogP contribution in [0.25, 0.3) is 0 Å². The third kappa shape index (κ3) is 1.98. The third-order valence-electron chi connectivity index (χ3n) is 1.81. The van der Waals surface area contributed by atoms with Gasteiger partial charge < -0.3 is 21.1 Å². The van der Waals surface area contributed by atoms with E-state index in [9.17, 15) is 14.7 Å². The summed E-state index contributed by atoms with van der Waals surface area (Å²) in [7, 11) is 0. The van der Waals surface area contributed by atoms with Crippen LogP contribution in [0.3, 0.4) is 0 Å². The van der Waals surface area contributed by atoms with Crippen molar-refractivity contribution in [2.75, 3.05) is 0 Å². The molecule has 1 aliphatic carbocycles. The van der Waals surface area contributed by atoms with Crippen molar-refractivity contribution < 1.29 is 24.9 Å². The van der Waals surface area contributed by atoms with Crippen molar-refractivity contribution in [2.45, 2.75) is 12.1 Å². The second kappa shape index (κ2) is 3.24. The lowest BCUT2D eigenvalue weighted by Gasteiger charge is -2.23. The van der Waals surface area contributed by atoms with Crippen molar-refractivity contribution >= 4 is 11.9 Å². The lowest BCUT2D eigenvalue weighted by atomic mass is 9.92. The number of hydrogen-bond donors (Lipinski definition) is 4. The molecule has 1 atom stereocenters. The Morgan fingerprint density at radius 1 is 1.36 bits per heavy atom. The fourth-order valence-electron chi connectivity index (χ4n) is 1.16. The van der Waals surface area contributed by atoms with E-state index in [2.05, 4.69) is 0 Å². The van der Waals surface area contributed by atoms with Crippen molar-refractivity contribution in [3.8, 4) is 0 Å². The maximum absolute atomic E-state index is 10.6. The van der Waals surface area contributed by atoms with E-state index >= 15 is 0 Å². The number of rotatable bonds is 2. The van der Waals surface area contributed by atoms with E-state index in [1.54, 1.807) is 0 Å². The number of aliphatic carboxylic acids is 2. The summed E-state index contributed by atoms with van der Waals surface area (Å²) in [5, 5.41) is 26.6. The molecule has 1 rings (SSSR count). The summed E-state index contributed by atoms with van der Waals surface area (Å²) in [6.07, 6.45) is 1.64. The monoisotopic (exact) mass is 199 g/mol. The summed E-state index contributed by atoms with van der Waals surface area (Å²) in [5.41, 5.74) is 2.71. The molecule has 0 aromatic rings. The van der Waals surface area contributed by atoms with Crippen LogP contribution in [0.4, 0.5) is 0 Å². The summed E-state index contributed by atoms with van der Waals surface area (Å²) in [6.45, 7) is 0. The van der Waals surface area contributed by atoms with Gasteiger partial charge in [-0.25, -0.2) is 9.59 Å². The minimum Gasteiger partial charge on any atom is -0.478 e. The van der Waals surface area contributed by atoms with Crippen molar-refractivity contribution in [2.24, 2.45) is 5.73 Å². The molecule has 6 nitrogen and oxygen atoms in total. The molecule has 0 aliphatic heterocycles. The molecule has 0 fully saturated rings. The van der Waals surface area contributed by atoms with Crippen LogP contribution in [-0.2, 0) is 9.59 Å². The lowest BCUT2D eigenvalue weighted by Crippen LogP contribution is -2.40. The van der Waals surface area contributed by atoms with Gasteiger partial charge in [0, 0.05) is 6.42 Å². The summed E-state index contributed by atoms with van der Waals surface area (Å²) in [5.74, 6) is -2.75. The van der Waals surface area contributed by atoms with Crippen molar-refractivity contribution in [1.29, 1.82) is 0 Å². The smallest absolute Gasteiger partial charge is 0.336 e. The van der Waals surface area contributed by atoms with Gasteiger partial charge in [-0.15, -0.1) is 0 Å². The zero-order valence-corrected chi connectivity index (χ0v) is 7.10. The highest BCUT2D eigenvalue weighted by molar-refractivity contribution is 6.01. The fraction of sp³-hybridized carbons (Fsp3) is 0.250. The van der Waals surface area contributed by atoms with Gasteiger partial charge in [0.2, 0.25) is 0 Å². The number of nitrogens with two attached hydrogens (primary N) is 1. The largest absolute Gasteiger partial charge is 0.478 e. The molecule has 0 aromatic heterocycles. The Labute approximate surface area is 79.0 Å². The number of aliphatic hydroxyl groups is 1. The quantitative estimate of drug-likeness (QED) is 0.426. The Balaban J connectivity index is 3.17. The van der Waals surface area contributed by atoms with Crippen LogP contribution in [0.5, 0.6) is 0 Å². The van der Waals surface area contributed by atoms with E-state index in [-0.39, 0.29) is 5.57 Å². The highest BCUT2D eigenvalue weighted by Crippen LogP contribution is 2.23. The van der Waals surface area contributed by atoms with Crippen molar-refractivity contribution in [3.63, 3.8) is 0 Å². The van der Waals surface area contributed by atoms with Gasteiger partial charge in [0.1, 0.15) is 5.72 Å². The first-order chi connectivity index (χ1) is 6.33. The maximum atomic E-state index is 10.6. The minimum absolute atomic E-state index is 0.354. The van der Waals surface area contributed by atoms with Gasteiger partial charge in [-0.3, -0.25) is 0 Å². The molecule has 0 radical (unpaired) electrons. The normalized spacial score (nSPS) is 26.4. The molecular formula is C8H9NO5. The summed E-state index contributed by atoms with van der Waals surface area (Å²) < 4.78 is 0. The van der Waals surface area contributed by atoms with Gasteiger partial charge in [0.05, 0.1) is 11.1 Å². The molecule has 1 aliphatic rings. The Hall–Kier alpha value is -1.66. The molecule has 0 spiro atoms. The predicted octanol–water partition coefficient (Wildman–Crippen LogP) is -0.941. The molecule has 14 heavy (non-hydrogen) atoms. The zero-order valence-electron chi connectivity index (χ0n) is 7.10. The summed E-state index contributed by atoms with van der Waals surface area (Å²) in [4.78, 5) is 21.2. The molecule has 0 heterocycles. The summed E-state index contributed by atoms with van der Waals surface area (Å²) in [6, 6.07) is 0. The molecule has 0 saturated heterocycles. The Morgan fingerprint density at radius 3 is 2.36 bits per heavy atom. The van der Waals surface area contributed by atoms with Gasteiger partial charge in [-0.05, 0) is 12.2 Å². The first-order valence-electron chi connectivity index (χ1n) is 3.74. The van der Waals surface area contributed by atoms with Crippen LogP contribution < -0.4 is 5.73 Å². The Bertz CT molecular complexity index is 353. The number of carboxylic acids is 2. The first kappa shape index (κ1) is 10.4. The molecule has 0 bridgehead atoms. The van der Waals surface area contributed by atoms with Crippen LogP contribution in [0.2, 0.25) is 0 Å². The second-order valence-electron chi connectivity index (χ2n) is 3.00. The zero-order chi connectivity index (χ0) is 10.9. The third-order valence-corrected chi connectivity index (χ3v) is 1.81. The van der Waals surface area contributed by atoms with E-state index in [0.717, 1.165) is 12.2 Å². The highest BCUT2D eigenvalue weighted by atomic mass is 16.4. The number of carbonyl (C=O) groups is 2. The Kier molecular flexibility index (Phi) is 2.41. The van der Waals surface area contributed by atoms with Crippen LogP contribution in [0, 0.1) is 0 Å². The minimum atomic E-state index is -1.79. The van der Waals surface area contributed by atoms with Gasteiger partial charge in [-0.2, -0.15) is 0 Å². The average molecular weight is 199 g/mol. The van der Waals surface area contributed by atoms with E-state index < -0.39 is 29.7 Å². The molecule has 6 heteroatoms. The topological polar surface area (TPSA) is 121 Å². The standard InChI is InChI=1S/C8H9NO5/c9-8(14)2-1-4(6(10)11)5(3-8)7(12)13/h1-2,14H,3,9H2,(H,10,11)(H,12,13). The van der Waals surface area contributed by atoms with Gasteiger partial charge in [0.25, 0.3) is 0 Å². The van der Waals surface area contributed by atoms with E-state index in [4.69, 9.17) is 15.9 Å². The molecule has 76 valence electrons. The van der Waals surface area contributed by atoms with E-state index in [1.165, 1.54) is 0 Å². The second-order valence-corrected chi connectivity index (χ2v) is 3.00. The molecular weight excluding hydrogens is 190 g/mol. The van der Waals surface area contributed by atoms with Gasteiger partial charge in [-0.1, -0.05) is 0 Å².